The molecule has 0 spiro atoms. The molecule has 6 heteroatoms. The molecule has 0 bridgehead atoms. The molecular weight excluding hydrogens is 222 g/mol. The summed E-state index contributed by atoms with van der Waals surface area (Å²) in [4.78, 5) is 21.7. The topological polar surface area (TPSA) is 79.5 Å². The van der Waals surface area contributed by atoms with Crippen molar-refractivity contribution in [1.82, 2.24) is 10.9 Å². The fourth-order valence-corrected chi connectivity index (χ4v) is 1.06. The summed E-state index contributed by atoms with van der Waals surface area (Å²) >= 11 is 0. The van der Waals surface area contributed by atoms with Crippen LogP contribution in [-0.2, 0) is 9.59 Å². The number of carbonyl (C=O) groups is 2. The number of ether oxygens (including phenoxy) is 1. The Balaban J connectivity index is 2.34. The molecule has 1 rings (SSSR count). The van der Waals surface area contributed by atoms with Crippen LogP contribution in [0.3, 0.4) is 0 Å². The van der Waals surface area contributed by atoms with Crippen molar-refractivity contribution >= 4 is 17.5 Å². The van der Waals surface area contributed by atoms with Gasteiger partial charge in [-0.25, -0.2) is 0 Å². The number of benzene rings is 1. The molecule has 0 unspecified atom stereocenters. The molecule has 1 aromatic carbocycles. The van der Waals surface area contributed by atoms with Crippen LogP contribution in [0.5, 0.6) is 5.75 Å². The van der Waals surface area contributed by atoms with E-state index in [-0.39, 0.29) is 12.5 Å². The van der Waals surface area contributed by atoms with Gasteiger partial charge in [-0.05, 0) is 24.3 Å². The Morgan fingerprint density at radius 3 is 2.35 bits per heavy atom. The molecule has 6 nitrogen and oxygen atoms in total. The standard InChI is InChI=1S/C11H15N3O3/c1-8(15)13-14-11(16)7-17-10-5-3-9(12-2)4-6-10/h3-6,12H,7H2,1-2H3,(H,13,15)(H,14,16). The Hall–Kier alpha value is -2.24. The van der Waals surface area contributed by atoms with Gasteiger partial charge < -0.3 is 10.1 Å². The first kappa shape index (κ1) is 12.8. The lowest BCUT2D eigenvalue weighted by Gasteiger charge is -2.08. The normalized spacial score (nSPS) is 9.29. The number of amides is 2. The zero-order valence-corrected chi connectivity index (χ0v) is 9.74. The monoisotopic (exact) mass is 237 g/mol. The fraction of sp³-hybridized carbons (Fsp3) is 0.273. The van der Waals surface area contributed by atoms with Crippen LogP contribution < -0.4 is 20.9 Å². The lowest BCUT2D eigenvalue weighted by molar-refractivity contribution is -0.129. The van der Waals surface area contributed by atoms with Crippen molar-refractivity contribution in [3.8, 4) is 5.75 Å². The molecule has 0 radical (unpaired) electrons. The van der Waals surface area contributed by atoms with Crippen LogP contribution >= 0.6 is 0 Å². The first-order chi connectivity index (χ1) is 8.11. The number of rotatable bonds is 4. The van der Waals surface area contributed by atoms with E-state index in [2.05, 4.69) is 16.2 Å². The van der Waals surface area contributed by atoms with Crippen molar-refractivity contribution in [2.45, 2.75) is 6.92 Å². The summed E-state index contributed by atoms with van der Waals surface area (Å²) in [5, 5.41) is 2.97. The van der Waals surface area contributed by atoms with Crippen LogP contribution in [-0.4, -0.2) is 25.5 Å². The molecule has 92 valence electrons. The van der Waals surface area contributed by atoms with E-state index in [1.54, 1.807) is 12.1 Å². The first-order valence-corrected chi connectivity index (χ1v) is 5.08. The van der Waals surface area contributed by atoms with Crippen molar-refractivity contribution in [3.05, 3.63) is 24.3 Å². The SMILES string of the molecule is CNc1ccc(OCC(=O)NNC(C)=O)cc1. The highest BCUT2D eigenvalue weighted by molar-refractivity contribution is 5.81. The number of hydrogen-bond donors (Lipinski definition) is 3. The minimum Gasteiger partial charge on any atom is -0.484 e. The third-order valence-electron chi connectivity index (χ3n) is 1.89. The molecule has 3 N–H and O–H groups in total. The second-order valence-corrected chi connectivity index (χ2v) is 3.29. The number of nitrogens with one attached hydrogen (secondary N) is 3. The molecule has 0 heterocycles. The van der Waals surface area contributed by atoms with Crippen LogP contribution in [0.25, 0.3) is 0 Å². The van der Waals surface area contributed by atoms with Crippen LogP contribution in [0, 0.1) is 0 Å². The minimum absolute atomic E-state index is 0.154. The fourth-order valence-electron chi connectivity index (χ4n) is 1.06. The highest BCUT2D eigenvalue weighted by Crippen LogP contribution is 2.14. The minimum atomic E-state index is -0.419. The maximum atomic E-state index is 11.2. The zero-order valence-electron chi connectivity index (χ0n) is 9.74. The van der Waals surface area contributed by atoms with Gasteiger partial charge in [0, 0.05) is 19.7 Å². The first-order valence-electron chi connectivity index (χ1n) is 5.08. The summed E-state index contributed by atoms with van der Waals surface area (Å²) in [6.07, 6.45) is 0. The van der Waals surface area contributed by atoms with Crippen molar-refractivity contribution in [2.24, 2.45) is 0 Å². The molecule has 2 amide bonds. The van der Waals surface area contributed by atoms with Crippen LogP contribution in [0.1, 0.15) is 6.92 Å². The van der Waals surface area contributed by atoms with Gasteiger partial charge in [-0.2, -0.15) is 0 Å². The van der Waals surface area contributed by atoms with Gasteiger partial charge in [-0.1, -0.05) is 0 Å². The highest BCUT2D eigenvalue weighted by Gasteiger charge is 2.02. The van der Waals surface area contributed by atoms with E-state index in [1.165, 1.54) is 6.92 Å². The average Bonchev–Trinajstić information content (AvgIpc) is 2.34. The Bertz CT molecular complexity index is 389. The van der Waals surface area contributed by atoms with Crippen LogP contribution in [0.15, 0.2) is 24.3 Å². The molecule has 0 saturated heterocycles. The second-order valence-electron chi connectivity index (χ2n) is 3.29. The van der Waals surface area contributed by atoms with Gasteiger partial charge in [0.15, 0.2) is 6.61 Å². The summed E-state index contributed by atoms with van der Waals surface area (Å²) in [7, 11) is 1.82. The molecule has 0 aliphatic rings. The predicted octanol–water partition coefficient (Wildman–Crippen LogP) is 0.274. The third kappa shape index (κ3) is 4.87. The van der Waals surface area contributed by atoms with E-state index >= 15 is 0 Å². The van der Waals surface area contributed by atoms with Crippen LogP contribution in [0.2, 0.25) is 0 Å². The molecule has 0 saturated carbocycles. The lowest BCUT2D eigenvalue weighted by Crippen LogP contribution is -2.42. The summed E-state index contributed by atoms with van der Waals surface area (Å²) in [6.45, 7) is 1.15. The number of anilines is 1. The highest BCUT2D eigenvalue weighted by atomic mass is 16.5. The Morgan fingerprint density at radius 2 is 1.82 bits per heavy atom. The lowest BCUT2D eigenvalue weighted by atomic mass is 10.3. The molecule has 0 aliphatic heterocycles. The van der Waals surface area contributed by atoms with E-state index in [0.717, 1.165) is 5.69 Å². The van der Waals surface area contributed by atoms with Crippen molar-refractivity contribution in [3.63, 3.8) is 0 Å². The van der Waals surface area contributed by atoms with Gasteiger partial charge in [0.25, 0.3) is 5.91 Å². The molecule has 0 aromatic heterocycles. The molecule has 1 aromatic rings. The second kappa shape index (κ2) is 6.37. The maximum absolute atomic E-state index is 11.2. The maximum Gasteiger partial charge on any atom is 0.276 e. The van der Waals surface area contributed by atoms with E-state index in [9.17, 15) is 9.59 Å². The largest absolute Gasteiger partial charge is 0.484 e. The Morgan fingerprint density at radius 1 is 1.18 bits per heavy atom. The zero-order chi connectivity index (χ0) is 12.7. The average molecular weight is 237 g/mol. The van der Waals surface area contributed by atoms with Gasteiger partial charge in [0.05, 0.1) is 0 Å². The quantitative estimate of drug-likeness (QED) is 0.657. The Labute approximate surface area is 99.3 Å². The number of hydrogen-bond acceptors (Lipinski definition) is 4. The predicted molar refractivity (Wildman–Crippen MR) is 63.4 cm³/mol. The third-order valence-corrected chi connectivity index (χ3v) is 1.89. The van der Waals surface area contributed by atoms with E-state index in [1.807, 2.05) is 19.2 Å². The molecule has 17 heavy (non-hydrogen) atoms. The van der Waals surface area contributed by atoms with Gasteiger partial charge in [0.1, 0.15) is 5.75 Å². The molecule has 0 atom stereocenters. The van der Waals surface area contributed by atoms with E-state index in [0.29, 0.717) is 5.75 Å². The smallest absolute Gasteiger partial charge is 0.276 e. The van der Waals surface area contributed by atoms with Crippen molar-refractivity contribution in [1.29, 1.82) is 0 Å². The number of carbonyl (C=O) groups excluding carboxylic acids is 2. The van der Waals surface area contributed by atoms with Gasteiger partial charge in [0.2, 0.25) is 5.91 Å². The Kier molecular flexibility index (Phi) is 4.80. The van der Waals surface area contributed by atoms with Crippen LogP contribution in [0.4, 0.5) is 5.69 Å². The van der Waals surface area contributed by atoms with E-state index < -0.39 is 5.91 Å². The van der Waals surface area contributed by atoms with Gasteiger partial charge in [-0.3, -0.25) is 20.4 Å². The van der Waals surface area contributed by atoms with E-state index in [4.69, 9.17) is 4.74 Å². The molecule has 0 fully saturated rings. The summed E-state index contributed by atoms with van der Waals surface area (Å²) in [6, 6.07) is 7.16. The van der Waals surface area contributed by atoms with Crippen molar-refractivity contribution < 1.29 is 14.3 Å². The summed E-state index contributed by atoms with van der Waals surface area (Å²) in [5.74, 6) is -0.170. The van der Waals surface area contributed by atoms with Gasteiger partial charge in [-0.15, -0.1) is 0 Å². The summed E-state index contributed by atoms with van der Waals surface area (Å²) in [5.41, 5.74) is 5.33. The summed E-state index contributed by atoms with van der Waals surface area (Å²) < 4.78 is 5.21. The number of hydrazine groups is 1. The van der Waals surface area contributed by atoms with Crippen molar-refractivity contribution in [2.75, 3.05) is 19.0 Å². The van der Waals surface area contributed by atoms with Gasteiger partial charge >= 0.3 is 0 Å². The molecular formula is C11H15N3O3. The molecule has 0 aliphatic carbocycles.